The molecule has 0 aliphatic carbocycles. The van der Waals surface area contributed by atoms with Crippen LogP contribution in [0, 0.1) is 0 Å². The van der Waals surface area contributed by atoms with E-state index in [0.717, 1.165) is 23.0 Å². The Hall–Kier alpha value is -3.62. The van der Waals surface area contributed by atoms with Crippen LogP contribution in [-0.2, 0) is 0 Å². The molecule has 3 N–H and O–H groups in total. The summed E-state index contributed by atoms with van der Waals surface area (Å²) in [7, 11) is 3.23. The zero-order valence-electron chi connectivity index (χ0n) is 16.1. The average Bonchev–Trinajstić information content (AvgIpc) is 2.92. The summed E-state index contributed by atoms with van der Waals surface area (Å²) < 4.78 is 24.5. The van der Waals surface area contributed by atoms with E-state index < -0.39 is 6.17 Å². The van der Waals surface area contributed by atoms with Gasteiger partial charge in [-0.25, -0.2) is 9.98 Å². The number of methoxy groups -OCH3 is 2. The number of fused-ring (bicyclic) bond motifs is 4. The highest BCUT2D eigenvalue weighted by Gasteiger charge is 2.27. The smallest absolute Gasteiger partial charge is 0.212 e. The highest BCUT2D eigenvalue weighted by Crippen LogP contribution is 2.40. The predicted octanol–water partition coefficient (Wildman–Crippen LogP) is 2.50. The van der Waals surface area contributed by atoms with Gasteiger partial charge in [-0.05, 0) is 12.1 Å². The van der Waals surface area contributed by atoms with E-state index in [1.165, 1.54) is 0 Å². The molecule has 1 aromatic heterocycles. The molecular formula is C20H21N5O4. The number of aromatic nitrogens is 2. The maximum absolute atomic E-state index is 6.06. The zero-order chi connectivity index (χ0) is 20.0. The van der Waals surface area contributed by atoms with Gasteiger partial charge >= 0.3 is 0 Å². The van der Waals surface area contributed by atoms with Crippen LogP contribution in [0.5, 0.6) is 23.0 Å². The lowest BCUT2D eigenvalue weighted by Crippen LogP contribution is -2.31. The monoisotopic (exact) mass is 395 g/mol. The van der Waals surface area contributed by atoms with Crippen LogP contribution in [0.15, 0.2) is 35.3 Å². The van der Waals surface area contributed by atoms with Crippen molar-refractivity contribution >= 4 is 22.9 Å². The molecule has 9 nitrogen and oxygen atoms in total. The van der Waals surface area contributed by atoms with Gasteiger partial charge in [0.25, 0.3) is 0 Å². The maximum atomic E-state index is 6.06. The summed E-state index contributed by atoms with van der Waals surface area (Å²) in [5.74, 6) is 3.61. The molecule has 0 amide bonds. The maximum Gasteiger partial charge on any atom is 0.212 e. The van der Waals surface area contributed by atoms with Crippen molar-refractivity contribution in [3.8, 4) is 23.0 Å². The summed E-state index contributed by atoms with van der Waals surface area (Å²) >= 11 is 0. The van der Waals surface area contributed by atoms with Gasteiger partial charge in [0.2, 0.25) is 5.95 Å². The van der Waals surface area contributed by atoms with Crippen LogP contribution in [0.2, 0.25) is 0 Å². The molecule has 3 heterocycles. The predicted molar refractivity (Wildman–Crippen MR) is 108 cm³/mol. The Labute approximate surface area is 167 Å². The van der Waals surface area contributed by atoms with Crippen molar-refractivity contribution in [1.29, 1.82) is 0 Å². The van der Waals surface area contributed by atoms with Gasteiger partial charge in [0, 0.05) is 30.2 Å². The van der Waals surface area contributed by atoms with Crippen LogP contribution in [0.1, 0.15) is 18.2 Å². The van der Waals surface area contributed by atoms with E-state index in [0.29, 0.717) is 42.2 Å². The molecule has 150 valence electrons. The molecule has 2 aliphatic rings. The first-order valence-electron chi connectivity index (χ1n) is 9.31. The van der Waals surface area contributed by atoms with E-state index in [4.69, 9.17) is 29.7 Å². The largest absolute Gasteiger partial charge is 0.497 e. The second-order valence-corrected chi connectivity index (χ2v) is 6.80. The number of benzene rings is 2. The van der Waals surface area contributed by atoms with Crippen LogP contribution in [-0.4, -0.2) is 42.9 Å². The first-order valence-corrected chi connectivity index (χ1v) is 9.31. The third-order valence-electron chi connectivity index (χ3n) is 4.98. The number of imidazole rings is 1. The zero-order valence-corrected chi connectivity index (χ0v) is 16.1. The normalized spacial score (nSPS) is 17.7. The topological polar surface area (TPSA) is 105 Å². The van der Waals surface area contributed by atoms with Crippen molar-refractivity contribution in [2.45, 2.75) is 12.6 Å². The molecule has 0 saturated carbocycles. The summed E-state index contributed by atoms with van der Waals surface area (Å²) in [6.45, 7) is 1.23. The highest BCUT2D eigenvalue weighted by molar-refractivity contribution is 5.95. The second kappa shape index (κ2) is 6.77. The van der Waals surface area contributed by atoms with E-state index >= 15 is 0 Å². The number of nitrogens with one attached hydrogen (secondary N) is 1. The molecule has 29 heavy (non-hydrogen) atoms. The van der Waals surface area contributed by atoms with E-state index in [2.05, 4.69) is 10.3 Å². The Kier molecular flexibility index (Phi) is 4.08. The minimum atomic E-state index is -0.440. The summed E-state index contributed by atoms with van der Waals surface area (Å²) in [6.07, 6.45) is 0.400. The number of rotatable bonds is 3. The first kappa shape index (κ1) is 17.5. The van der Waals surface area contributed by atoms with E-state index in [-0.39, 0.29) is 5.96 Å². The lowest BCUT2D eigenvalue weighted by Gasteiger charge is -2.24. The van der Waals surface area contributed by atoms with Crippen LogP contribution in [0.4, 0.5) is 5.95 Å². The van der Waals surface area contributed by atoms with Gasteiger partial charge in [-0.15, -0.1) is 0 Å². The standard InChI is InChI=1S/C20H21N5O4/c1-26-12-6-11(7-13(8-12)27-2)18-23-19(21)24-20-22-14-9-16-17(10-15(14)25(18)20)29-5-3-4-28-16/h6-10,18H,3-5H2,1-2H3,(H3,21,22,23,24). The number of guanidine groups is 1. The minimum Gasteiger partial charge on any atom is -0.497 e. The molecule has 1 unspecified atom stereocenters. The molecule has 0 saturated heterocycles. The molecular weight excluding hydrogens is 374 g/mol. The van der Waals surface area contributed by atoms with Gasteiger partial charge < -0.3 is 24.7 Å². The lowest BCUT2D eigenvalue weighted by molar-refractivity contribution is 0.297. The fraction of sp³-hybridized carbons (Fsp3) is 0.300. The summed E-state index contributed by atoms with van der Waals surface area (Å²) in [6, 6.07) is 9.47. The Bertz CT molecular complexity index is 1100. The Morgan fingerprint density at radius 1 is 1.03 bits per heavy atom. The van der Waals surface area contributed by atoms with Crippen LogP contribution >= 0.6 is 0 Å². The molecule has 3 aromatic rings. The van der Waals surface area contributed by atoms with Gasteiger partial charge in [0.15, 0.2) is 23.6 Å². The quantitative estimate of drug-likeness (QED) is 0.702. The molecule has 2 aliphatic heterocycles. The molecule has 1 atom stereocenters. The Morgan fingerprint density at radius 3 is 2.41 bits per heavy atom. The van der Waals surface area contributed by atoms with E-state index in [1.54, 1.807) is 14.2 Å². The number of hydrogen-bond acceptors (Lipinski definition) is 8. The molecule has 0 radical (unpaired) electrons. The number of hydrogen-bond donors (Lipinski definition) is 2. The molecule has 0 spiro atoms. The molecule has 5 rings (SSSR count). The van der Waals surface area contributed by atoms with Gasteiger partial charge in [0.1, 0.15) is 11.5 Å². The Balaban J connectivity index is 1.70. The third kappa shape index (κ3) is 2.95. The molecule has 0 bridgehead atoms. The number of nitrogens with zero attached hydrogens (tertiary/aromatic N) is 3. The summed E-state index contributed by atoms with van der Waals surface area (Å²) in [5, 5.41) is 3.04. The van der Waals surface area contributed by atoms with Crippen molar-refractivity contribution in [3.63, 3.8) is 0 Å². The van der Waals surface area contributed by atoms with Crippen molar-refractivity contribution in [2.75, 3.05) is 32.8 Å². The fourth-order valence-electron chi connectivity index (χ4n) is 3.63. The number of anilines is 1. The van der Waals surface area contributed by atoms with Crippen molar-refractivity contribution in [2.24, 2.45) is 10.7 Å². The van der Waals surface area contributed by atoms with Crippen molar-refractivity contribution < 1.29 is 18.9 Å². The number of nitrogens with two attached hydrogens (primary N) is 1. The van der Waals surface area contributed by atoms with Gasteiger partial charge in [-0.1, -0.05) is 0 Å². The van der Waals surface area contributed by atoms with Crippen LogP contribution in [0.3, 0.4) is 0 Å². The van der Waals surface area contributed by atoms with Crippen LogP contribution in [0.25, 0.3) is 11.0 Å². The molecule has 0 fully saturated rings. The lowest BCUT2D eigenvalue weighted by atomic mass is 10.1. The van der Waals surface area contributed by atoms with Gasteiger partial charge in [0.05, 0.1) is 38.5 Å². The van der Waals surface area contributed by atoms with E-state index in [1.807, 2.05) is 34.9 Å². The Morgan fingerprint density at radius 2 is 1.72 bits per heavy atom. The van der Waals surface area contributed by atoms with Crippen molar-refractivity contribution in [3.05, 3.63) is 35.9 Å². The van der Waals surface area contributed by atoms with Crippen LogP contribution < -0.4 is 30.0 Å². The first-order chi connectivity index (χ1) is 14.2. The van der Waals surface area contributed by atoms with Gasteiger partial charge in [-0.3, -0.25) is 9.88 Å². The van der Waals surface area contributed by atoms with E-state index in [9.17, 15) is 0 Å². The number of ether oxygens (including phenoxy) is 4. The second-order valence-electron chi connectivity index (χ2n) is 6.80. The molecule has 9 heteroatoms. The minimum absolute atomic E-state index is 0.286. The third-order valence-corrected chi connectivity index (χ3v) is 4.98. The number of aliphatic imine (C=N–C) groups is 1. The van der Waals surface area contributed by atoms with Gasteiger partial charge in [-0.2, -0.15) is 0 Å². The highest BCUT2D eigenvalue weighted by atomic mass is 16.5. The summed E-state index contributed by atoms with van der Waals surface area (Å²) in [5.41, 5.74) is 8.54. The SMILES string of the molecule is COc1cc(OC)cc(C2N=C(N)Nc3nc4cc5c(cc4n32)OCCCO5)c1. The average molecular weight is 395 g/mol. The summed E-state index contributed by atoms with van der Waals surface area (Å²) in [4.78, 5) is 9.32. The molecule has 2 aromatic carbocycles. The van der Waals surface area contributed by atoms with Crippen molar-refractivity contribution in [1.82, 2.24) is 9.55 Å². The fourth-order valence-corrected chi connectivity index (χ4v) is 3.63.